The first-order valence-corrected chi connectivity index (χ1v) is 16.3. The maximum Gasteiger partial charge on any atom is 0.397 e. The Morgan fingerprint density at radius 3 is 2.36 bits per heavy atom. The second-order valence-electron chi connectivity index (χ2n) is 14.2. The first-order chi connectivity index (χ1) is 18.1. The topological polar surface area (TPSA) is 123 Å². The lowest BCUT2D eigenvalue weighted by atomic mass is 9.47. The summed E-state index contributed by atoms with van der Waals surface area (Å²) < 4.78 is 50.0. The molecule has 4 aliphatic carbocycles. The van der Waals surface area contributed by atoms with Crippen molar-refractivity contribution in [2.75, 3.05) is 0 Å². The molecule has 0 aromatic heterocycles. The average molecular weight is 569 g/mol. The van der Waals surface area contributed by atoms with E-state index in [1.165, 1.54) is 18.9 Å². The number of hydrogen-bond acceptors (Lipinski definition) is 7. The summed E-state index contributed by atoms with van der Waals surface area (Å²) in [7, 11) is -4.81. The minimum Gasteiger partial charge on any atom is -0.460 e. The first kappa shape index (κ1) is 29.5. The summed E-state index contributed by atoms with van der Waals surface area (Å²) in [6, 6.07) is 0. The summed E-state index contributed by atoms with van der Waals surface area (Å²) in [5, 5.41) is 11.0. The molecule has 0 aromatic rings. The molecular weight excluding hydrogens is 520 g/mol. The van der Waals surface area contributed by atoms with Gasteiger partial charge in [-0.15, -0.1) is 0 Å². The van der Waals surface area contributed by atoms with Crippen LogP contribution in [0.5, 0.6) is 0 Å². The molecule has 8 nitrogen and oxygen atoms in total. The molecule has 0 aromatic carbocycles. The highest BCUT2D eigenvalue weighted by Crippen LogP contribution is 2.68. The molecule has 0 spiro atoms. The van der Waals surface area contributed by atoms with Gasteiger partial charge in [0.1, 0.15) is 18.3 Å². The van der Waals surface area contributed by atoms with Crippen molar-refractivity contribution in [1.29, 1.82) is 0 Å². The zero-order valence-electron chi connectivity index (χ0n) is 24.5. The normalized spacial score (nSPS) is 46.9. The lowest BCUT2D eigenvalue weighted by Crippen LogP contribution is -2.61. The van der Waals surface area contributed by atoms with Crippen molar-refractivity contribution >= 4 is 16.4 Å². The Bertz CT molecular complexity index is 1100. The van der Waals surface area contributed by atoms with Crippen LogP contribution in [0.4, 0.5) is 0 Å². The van der Waals surface area contributed by atoms with Crippen LogP contribution >= 0.6 is 0 Å². The average Bonchev–Trinajstić information content (AvgIpc) is 3.54. The van der Waals surface area contributed by atoms with Gasteiger partial charge in [0, 0.05) is 6.92 Å². The van der Waals surface area contributed by atoms with Gasteiger partial charge in [-0.25, -0.2) is 4.18 Å². The lowest BCUT2D eigenvalue weighted by molar-refractivity contribution is -0.189. The highest BCUT2D eigenvalue weighted by Gasteiger charge is 2.63. The van der Waals surface area contributed by atoms with Crippen molar-refractivity contribution < 1.29 is 36.5 Å². The number of carbonyl (C=O) groups excluding carboxylic acids is 1. The van der Waals surface area contributed by atoms with Crippen LogP contribution in [-0.2, 0) is 28.9 Å². The van der Waals surface area contributed by atoms with Crippen molar-refractivity contribution in [3.05, 3.63) is 11.6 Å². The van der Waals surface area contributed by atoms with Gasteiger partial charge in [0.15, 0.2) is 0 Å². The third-order valence-electron chi connectivity index (χ3n) is 12.0. The molecule has 4 fully saturated rings. The Balaban J connectivity index is 1.41. The Kier molecular flexibility index (Phi) is 7.62. The molecule has 2 N–H and O–H groups in total. The van der Waals surface area contributed by atoms with Gasteiger partial charge in [-0.05, 0) is 90.8 Å². The van der Waals surface area contributed by atoms with Gasteiger partial charge in [-0.3, -0.25) is 9.35 Å². The van der Waals surface area contributed by atoms with E-state index >= 15 is 0 Å². The van der Waals surface area contributed by atoms with Crippen molar-refractivity contribution in [3.8, 4) is 0 Å². The molecular formula is C30H48O8S. The van der Waals surface area contributed by atoms with E-state index < -0.39 is 40.1 Å². The third-order valence-corrected chi connectivity index (χ3v) is 12.5. The van der Waals surface area contributed by atoms with Crippen LogP contribution in [0.25, 0.3) is 0 Å². The Morgan fingerprint density at radius 2 is 1.74 bits per heavy atom. The van der Waals surface area contributed by atoms with E-state index in [2.05, 4.69) is 47.6 Å². The van der Waals surface area contributed by atoms with Crippen LogP contribution in [-0.4, -0.2) is 54.6 Å². The number of allylic oxidation sites excluding steroid dienone is 2. The molecule has 0 radical (unpaired) electrons. The number of fused-ring (bicyclic) bond motifs is 5. The maximum atomic E-state index is 11.9. The van der Waals surface area contributed by atoms with Crippen LogP contribution < -0.4 is 0 Å². The van der Waals surface area contributed by atoms with E-state index in [1.54, 1.807) is 0 Å². The lowest BCUT2D eigenvalue weighted by Gasteiger charge is -2.59. The van der Waals surface area contributed by atoms with E-state index in [9.17, 15) is 22.9 Å². The molecule has 0 bridgehead atoms. The number of rotatable bonds is 7. The van der Waals surface area contributed by atoms with Gasteiger partial charge in [0.25, 0.3) is 0 Å². The van der Waals surface area contributed by atoms with Crippen LogP contribution in [0.1, 0.15) is 87.0 Å². The van der Waals surface area contributed by atoms with Crippen molar-refractivity contribution in [2.45, 2.75) is 118 Å². The van der Waals surface area contributed by atoms with Crippen molar-refractivity contribution in [3.63, 3.8) is 0 Å². The SMILES string of the molecule is CC(=O)O[C@@H]1C[C@]2(C)C3CC[C@@]4(C)C(CC[C@@H]4[C@H](C)[C@@H]4OC4[C@@H](C)C(C)C)C3=CCC2[C@H](OS(=O)(=O)O)[C@H]1O. The second kappa shape index (κ2) is 10.1. The van der Waals surface area contributed by atoms with Gasteiger partial charge >= 0.3 is 16.4 Å². The van der Waals surface area contributed by atoms with E-state index in [-0.39, 0.29) is 17.3 Å². The minimum absolute atomic E-state index is 0.173. The van der Waals surface area contributed by atoms with E-state index in [1.807, 2.05) is 0 Å². The number of aliphatic hydroxyl groups excluding tert-OH is 1. The Hall–Kier alpha value is -1.00. The summed E-state index contributed by atoms with van der Waals surface area (Å²) >= 11 is 0. The van der Waals surface area contributed by atoms with E-state index in [0.717, 1.165) is 19.3 Å². The predicted octanol–water partition coefficient (Wildman–Crippen LogP) is 4.96. The first-order valence-electron chi connectivity index (χ1n) is 14.9. The molecule has 5 rings (SSSR count). The van der Waals surface area contributed by atoms with Crippen LogP contribution in [0.3, 0.4) is 0 Å². The highest BCUT2D eigenvalue weighted by molar-refractivity contribution is 7.80. The number of hydrogen-bond donors (Lipinski definition) is 2. The zero-order valence-corrected chi connectivity index (χ0v) is 25.3. The monoisotopic (exact) mass is 568 g/mol. The molecule has 5 aliphatic rings. The summed E-state index contributed by atoms with van der Waals surface area (Å²) in [6.07, 6.45) is 4.88. The van der Waals surface area contributed by atoms with E-state index in [0.29, 0.717) is 54.6 Å². The standard InChI is InChI=1S/C30H48O8S/c1-15(2)16(3)26-27(37-26)17(4)20-10-11-21-19-8-9-23-28(38-39(33,34)35)25(32)24(36-18(5)31)14-30(23,7)22(19)12-13-29(20,21)6/h8,15-17,20-28,32H,9-14H2,1-7H3,(H,33,34,35)/t16-,17-,20+,21?,22?,23?,24+,25-,26?,27-,28-,29+,30+/m0/s1. The summed E-state index contributed by atoms with van der Waals surface area (Å²) in [6.45, 7) is 15.1. The third kappa shape index (κ3) is 5.02. The second-order valence-corrected chi connectivity index (χ2v) is 15.3. The smallest absolute Gasteiger partial charge is 0.397 e. The fourth-order valence-electron chi connectivity index (χ4n) is 9.67. The number of carbonyl (C=O) groups is 1. The minimum atomic E-state index is -4.81. The van der Waals surface area contributed by atoms with Gasteiger partial charge in [-0.2, -0.15) is 8.42 Å². The number of aliphatic hydroxyl groups is 1. The van der Waals surface area contributed by atoms with Gasteiger partial charge < -0.3 is 14.6 Å². The molecule has 222 valence electrons. The van der Waals surface area contributed by atoms with E-state index in [4.69, 9.17) is 13.7 Å². The zero-order chi connectivity index (χ0) is 28.7. The highest BCUT2D eigenvalue weighted by atomic mass is 32.3. The van der Waals surface area contributed by atoms with Crippen molar-refractivity contribution in [2.24, 2.45) is 52.3 Å². The van der Waals surface area contributed by atoms with Gasteiger partial charge in [0.05, 0.1) is 12.2 Å². The number of esters is 1. The molecule has 4 unspecified atom stereocenters. The molecule has 0 amide bonds. The van der Waals surface area contributed by atoms with Crippen molar-refractivity contribution in [1.82, 2.24) is 0 Å². The summed E-state index contributed by atoms with van der Waals surface area (Å²) in [4.78, 5) is 11.9. The molecule has 1 saturated heterocycles. The van der Waals surface area contributed by atoms with Gasteiger partial charge in [0.2, 0.25) is 0 Å². The van der Waals surface area contributed by atoms with Crippen LogP contribution in [0, 0.1) is 52.3 Å². The number of ether oxygens (including phenoxy) is 2. The molecule has 1 aliphatic heterocycles. The largest absolute Gasteiger partial charge is 0.460 e. The Morgan fingerprint density at radius 1 is 1.08 bits per heavy atom. The number of epoxide rings is 1. The Labute approximate surface area is 234 Å². The predicted molar refractivity (Wildman–Crippen MR) is 146 cm³/mol. The molecule has 3 saturated carbocycles. The fraction of sp³-hybridized carbons (Fsp3) is 0.900. The molecule has 13 atom stereocenters. The molecule has 39 heavy (non-hydrogen) atoms. The molecule has 1 heterocycles. The summed E-state index contributed by atoms with van der Waals surface area (Å²) in [5.41, 5.74) is 1.18. The quantitative estimate of drug-likeness (QED) is 0.191. The summed E-state index contributed by atoms with van der Waals surface area (Å²) in [5.74, 6) is 2.01. The maximum absolute atomic E-state index is 11.9. The molecule has 9 heteroatoms. The van der Waals surface area contributed by atoms with Crippen LogP contribution in [0.2, 0.25) is 0 Å². The van der Waals surface area contributed by atoms with Gasteiger partial charge in [-0.1, -0.05) is 53.2 Å². The van der Waals surface area contributed by atoms with Crippen LogP contribution in [0.15, 0.2) is 11.6 Å². The fourth-order valence-corrected chi connectivity index (χ4v) is 10.2.